The van der Waals surface area contributed by atoms with Crippen LogP contribution in [-0.2, 0) is 17.8 Å². The number of nitrogens with one attached hydrogen (secondary N) is 2. The molecule has 0 unspecified atom stereocenters. The highest BCUT2D eigenvalue weighted by molar-refractivity contribution is 5.76. The summed E-state index contributed by atoms with van der Waals surface area (Å²) >= 11 is 0. The van der Waals surface area contributed by atoms with Gasteiger partial charge in [-0.1, -0.05) is 48.0 Å². The predicted octanol–water partition coefficient (Wildman–Crippen LogP) is 2.97. The molecule has 2 aromatic carbocycles. The van der Waals surface area contributed by atoms with Crippen molar-refractivity contribution in [2.45, 2.75) is 26.3 Å². The lowest BCUT2D eigenvalue weighted by Gasteiger charge is -2.08. The lowest BCUT2D eigenvalue weighted by molar-refractivity contribution is -0.121. The van der Waals surface area contributed by atoms with Crippen molar-refractivity contribution >= 4 is 5.91 Å². The highest BCUT2D eigenvalue weighted by Gasteiger charge is 2.02. The Bertz CT molecular complexity index is 643. The minimum atomic E-state index is -0.176. The molecule has 0 aromatic heterocycles. The summed E-state index contributed by atoms with van der Waals surface area (Å²) in [5.74, 6) is -0.157. The van der Waals surface area contributed by atoms with E-state index in [4.69, 9.17) is 0 Å². The van der Waals surface area contributed by atoms with Gasteiger partial charge in [0.05, 0.1) is 0 Å². The normalized spacial score (nSPS) is 10.5. The van der Waals surface area contributed by atoms with E-state index in [2.05, 4.69) is 16.7 Å². The van der Waals surface area contributed by atoms with Crippen molar-refractivity contribution in [1.82, 2.24) is 10.6 Å². The van der Waals surface area contributed by atoms with Crippen LogP contribution < -0.4 is 10.6 Å². The molecule has 0 aliphatic rings. The number of hydrogen-bond donors (Lipinski definition) is 2. The third-order valence-electron chi connectivity index (χ3n) is 3.63. The van der Waals surface area contributed by atoms with Gasteiger partial charge in [-0.15, -0.1) is 0 Å². The second kappa shape index (κ2) is 9.06. The van der Waals surface area contributed by atoms with Gasteiger partial charge >= 0.3 is 0 Å². The molecule has 0 aliphatic heterocycles. The van der Waals surface area contributed by atoms with Crippen LogP contribution in [-0.4, -0.2) is 19.0 Å². The van der Waals surface area contributed by atoms with Crippen LogP contribution in [0.1, 0.15) is 23.1 Å². The van der Waals surface area contributed by atoms with Crippen LogP contribution in [0.3, 0.4) is 0 Å². The number of benzene rings is 2. The number of rotatable bonds is 8. The summed E-state index contributed by atoms with van der Waals surface area (Å²) in [6, 6.07) is 14.8. The smallest absolute Gasteiger partial charge is 0.221 e. The summed E-state index contributed by atoms with van der Waals surface area (Å²) in [4.78, 5) is 11.8. The van der Waals surface area contributed by atoms with E-state index in [1.165, 1.54) is 11.6 Å². The fourth-order valence-corrected chi connectivity index (χ4v) is 2.36. The zero-order valence-corrected chi connectivity index (χ0v) is 13.4. The van der Waals surface area contributed by atoms with Crippen LogP contribution in [0.2, 0.25) is 0 Å². The van der Waals surface area contributed by atoms with Crippen molar-refractivity contribution in [3.8, 4) is 0 Å². The fraction of sp³-hybridized carbons (Fsp3) is 0.316. The third-order valence-corrected chi connectivity index (χ3v) is 3.63. The topological polar surface area (TPSA) is 41.1 Å². The molecule has 4 heteroatoms. The molecule has 122 valence electrons. The van der Waals surface area contributed by atoms with Crippen molar-refractivity contribution in [2.24, 2.45) is 0 Å². The predicted molar refractivity (Wildman–Crippen MR) is 90.6 cm³/mol. The molecular formula is C19H23FN2O. The van der Waals surface area contributed by atoms with Crippen LogP contribution in [0.15, 0.2) is 48.5 Å². The summed E-state index contributed by atoms with van der Waals surface area (Å²) in [7, 11) is 0. The zero-order valence-electron chi connectivity index (χ0n) is 13.4. The molecular weight excluding hydrogens is 291 g/mol. The maximum absolute atomic E-state index is 13.4. The van der Waals surface area contributed by atoms with E-state index in [0.29, 0.717) is 38.0 Å². The minimum absolute atomic E-state index is 0.0184. The summed E-state index contributed by atoms with van der Waals surface area (Å²) in [5.41, 5.74) is 2.99. The maximum Gasteiger partial charge on any atom is 0.221 e. The van der Waals surface area contributed by atoms with Crippen LogP contribution >= 0.6 is 0 Å². The largest absolute Gasteiger partial charge is 0.352 e. The lowest BCUT2D eigenvalue weighted by Crippen LogP contribution is -2.28. The molecule has 2 N–H and O–H groups in total. The zero-order chi connectivity index (χ0) is 16.5. The van der Waals surface area contributed by atoms with Gasteiger partial charge < -0.3 is 10.6 Å². The van der Waals surface area contributed by atoms with Crippen molar-refractivity contribution in [3.63, 3.8) is 0 Å². The number of amides is 1. The van der Waals surface area contributed by atoms with Gasteiger partial charge in [-0.25, -0.2) is 4.39 Å². The molecule has 2 aromatic rings. The lowest BCUT2D eigenvalue weighted by atomic mass is 10.1. The maximum atomic E-state index is 13.4. The number of carbonyl (C=O) groups is 1. The van der Waals surface area contributed by atoms with Crippen LogP contribution in [0.25, 0.3) is 0 Å². The molecule has 0 heterocycles. The summed E-state index contributed by atoms with van der Waals surface area (Å²) in [6.07, 6.45) is 1.04. The molecule has 0 aliphatic carbocycles. The van der Waals surface area contributed by atoms with Gasteiger partial charge in [0.2, 0.25) is 5.91 Å². The molecule has 0 saturated carbocycles. The van der Waals surface area contributed by atoms with E-state index in [9.17, 15) is 9.18 Å². The number of hydrogen-bond acceptors (Lipinski definition) is 2. The minimum Gasteiger partial charge on any atom is -0.352 e. The first-order valence-corrected chi connectivity index (χ1v) is 7.91. The van der Waals surface area contributed by atoms with Crippen molar-refractivity contribution < 1.29 is 9.18 Å². The second-order valence-corrected chi connectivity index (χ2v) is 5.61. The van der Waals surface area contributed by atoms with Gasteiger partial charge in [-0.2, -0.15) is 0 Å². The number of aryl methyl sites for hydroxylation is 1. The molecule has 0 fully saturated rings. The average Bonchev–Trinajstić information content (AvgIpc) is 2.54. The Morgan fingerprint density at radius 1 is 1.09 bits per heavy atom. The Morgan fingerprint density at radius 2 is 1.91 bits per heavy atom. The first-order valence-electron chi connectivity index (χ1n) is 7.91. The van der Waals surface area contributed by atoms with Crippen molar-refractivity contribution in [2.75, 3.05) is 13.1 Å². The molecule has 0 spiro atoms. The molecule has 0 atom stereocenters. The summed E-state index contributed by atoms with van der Waals surface area (Å²) < 4.78 is 13.4. The Morgan fingerprint density at radius 3 is 2.70 bits per heavy atom. The van der Waals surface area contributed by atoms with E-state index >= 15 is 0 Å². The molecule has 1 amide bonds. The van der Waals surface area contributed by atoms with Crippen molar-refractivity contribution in [3.05, 3.63) is 71.0 Å². The molecule has 0 saturated heterocycles. The summed E-state index contributed by atoms with van der Waals surface area (Å²) in [5, 5.41) is 6.08. The van der Waals surface area contributed by atoms with E-state index in [1.54, 1.807) is 12.1 Å². The third kappa shape index (κ3) is 6.20. The van der Waals surface area contributed by atoms with Crippen molar-refractivity contribution in [1.29, 1.82) is 0 Å². The molecule has 2 rings (SSSR count). The quantitative estimate of drug-likeness (QED) is 0.736. The molecule has 0 bridgehead atoms. The van der Waals surface area contributed by atoms with Gasteiger partial charge in [0, 0.05) is 19.5 Å². The van der Waals surface area contributed by atoms with Gasteiger partial charge in [0.15, 0.2) is 0 Å². The number of halogens is 1. The first-order chi connectivity index (χ1) is 11.1. The van der Waals surface area contributed by atoms with E-state index < -0.39 is 0 Å². The first kappa shape index (κ1) is 17.2. The average molecular weight is 314 g/mol. The van der Waals surface area contributed by atoms with Gasteiger partial charge in [-0.05, 0) is 37.1 Å². The van der Waals surface area contributed by atoms with Crippen LogP contribution in [0, 0.1) is 12.7 Å². The monoisotopic (exact) mass is 314 g/mol. The SMILES string of the molecule is Cc1cccc(CNC(=O)CCNCCc2ccccc2F)c1. The second-order valence-electron chi connectivity index (χ2n) is 5.61. The van der Waals surface area contributed by atoms with Gasteiger partial charge in [-0.3, -0.25) is 4.79 Å². The van der Waals surface area contributed by atoms with Gasteiger partial charge in [0.1, 0.15) is 5.82 Å². The van der Waals surface area contributed by atoms with Gasteiger partial charge in [0.25, 0.3) is 0 Å². The Labute approximate surface area is 136 Å². The Balaban J connectivity index is 1.59. The Hall–Kier alpha value is -2.20. The molecule has 23 heavy (non-hydrogen) atoms. The van der Waals surface area contributed by atoms with E-state index in [0.717, 1.165) is 5.56 Å². The highest BCUT2D eigenvalue weighted by Crippen LogP contribution is 2.06. The Kier molecular flexibility index (Phi) is 6.76. The number of carbonyl (C=O) groups excluding carboxylic acids is 1. The molecule has 3 nitrogen and oxygen atoms in total. The van der Waals surface area contributed by atoms with Crippen LogP contribution in [0.4, 0.5) is 4.39 Å². The van der Waals surface area contributed by atoms with Crippen LogP contribution in [0.5, 0.6) is 0 Å². The standard InChI is InChI=1S/C19H23FN2O/c1-15-5-4-6-16(13-15)14-22-19(23)10-12-21-11-9-17-7-2-3-8-18(17)20/h2-8,13,21H,9-12,14H2,1H3,(H,22,23). The molecule has 0 radical (unpaired) electrons. The fourth-order valence-electron chi connectivity index (χ4n) is 2.36. The highest BCUT2D eigenvalue weighted by atomic mass is 19.1. The van der Waals surface area contributed by atoms with E-state index in [-0.39, 0.29) is 11.7 Å². The van der Waals surface area contributed by atoms with E-state index in [1.807, 2.05) is 31.2 Å². The summed E-state index contributed by atoms with van der Waals surface area (Å²) in [6.45, 7) is 3.83.